The normalized spacial score (nSPS) is 26.6. The largest absolute Gasteiger partial charge is 0.132 e. The summed E-state index contributed by atoms with van der Waals surface area (Å²) in [5.74, 6) is 0.215. The Bertz CT molecular complexity index is 454. The summed E-state index contributed by atoms with van der Waals surface area (Å²) in [5, 5.41) is 0.675. The molecule has 0 aliphatic heterocycles. The van der Waals surface area contributed by atoms with Crippen molar-refractivity contribution >= 4 is 50.7 Å². The molecule has 16 heavy (non-hydrogen) atoms. The second-order valence-corrected chi connectivity index (χ2v) is 6.86. The van der Waals surface area contributed by atoms with Crippen LogP contribution in [0.2, 0.25) is 5.02 Å². The van der Waals surface area contributed by atoms with Crippen LogP contribution in [-0.4, -0.2) is 4.33 Å². The van der Waals surface area contributed by atoms with Crippen molar-refractivity contribution in [3.63, 3.8) is 0 Å². The van der Waals surface area contributed by atoms with Crippen LogP contribution in [-0.2, 0) is 0 Å². The highest BCUT2D eigenvalue weighted by atomic mass is 79.9. The van der Waals surface area contributed by atoms with Gasteiger partial charge >= 0.3 is 0 Å². The Kier molecular flexibility index (Phi) is 3.35. The SMILES string of the molecule is C=C(C)C1C(c2ccc(Br)c(Cl)c2)C1(Cl)Cl. The topological polar surface area (TPSA) is 0 Å². The zero-order chi connectivity index (χ0) is 12.1. The van der Waals surface area contributed by atoms with Crippen LogP contribution in [0.25, 0.3) is 0 Å². The summed E-state index contributed by atoms with van der Waals surface area (Å²) in [4.78, 5) is 0. The van der Waals surface area contributed by atoms with E-state index < -0.39 is 4.33 Å². The van der Waals surface area contributed by atoms with E-state index in [2.05, 4.69) is 22.5 Å². The molecule has 2 rings (SSSR count). The first kappa shape index (κ1) is 12.8. The second-order valence-electron chi connectivity index (χ2n) is 4.15. The van der Waals surface area contributed by atoms with Crippen LogP contribution in [0.4, 0.5) is 0 Å². The first-order valence-electron chi connectivity index (χ1n) is 4.84. The van der Waals surface area contributed by atoms with Gasteiger partial charge in [-0.25, -0.2) is 0 Å². The van der Waals surface area contributed by atoms with Crippen LogP contribution in [0, 0.1) is 5.92 Å². The summed E-state index contributed by atoms with van der Waals surface area (Å²) in [5.41, 5.74) is 2.07. The fourth-order valence-corrected chi connectivity index (χ4v) is 3.50. The molecular weight excluding hydrogens is 330 g/mol. The predicted octanol–water partition coefficient (Wildman–Crippen LogP) is 5.57. The zero-order valence-corrected chi connectivity index (χ0v) is 12.5. The molecule has 0 N–H and O–H groups in total. The highest BCUT2D eigenvalue weighted by Crippen LogP contribution is 2.67. The number of hydrogen-bond donors (Lipinski definition) is 0. The van der Waals surface area contributed by atoms with E-state index in [1.165, 1.54) is 0 Å². The van der Waals surface area contributed by atoms with Gasteiger partial charge in [-0.2, -0.15) is 0 Å². The molecule has 4 heteroatoms. The maximum absolute atomic E-state index is 6.24. The highest BCUT2D eigenvalue weighted by molar-refractivity contribution is 9.10. The fourth-order valence-electron chi connectivity index (χ4n) is 2.06. The molecule has 0 bridgehead atoms. The molecule has 0 nitrogen and oxygen atoms in total. The summed E-state index contributed by atoms with van der Waals surface area (Å²) in [6, 6.07) is 5.80. The quantitative estimate of drug-likeness (QED) is 0.488. The van der Waals surface area contributed by atoms with Crippen LogP contribution in [0.1, 0.15) is 18.4 Å². The molecule has 1 fully saturated rings. The second kappa shape index (κ2) is 4.20. The van der Waals surface area contributed by atoms with Gasteiger partial charge < -0.3 is 0 Å². The van der Waals surface area contributed by atoms with Gasteiger partial charge in [0, 0.05) is 16.3 Å². The third-order valence-corrected chi connectivity index (χ3v) is 5.06. The van der Waals surface area contributed by atoms with Crippen molar-refractivity contribution in [1.82, 2.24) is 0 Å². The van der Waals surface area contributed by atoms with Crippen LogP contribution in [0.3, 0.4) is 0 Å². The lowest BCUT2D eigenvalue weighted by molar-refractivity contribution is 0.942. The maximum atomic E-state index is 6.24. The molecule has 1 aromatic rings. The van der Waals surface area contributed by atoms with Gasteiger partial charge in [-0.3, -0.25) is 0 Å². The number of rotatable bonds is 2. The van der Waals surface area contributed by atoms with Crippen LogP contribution in [0.15, 0.2) is 34.8 Å². The lowest BCUT2D eigenvalue weighted by Gasteiger charge is -2.02. The molecule has 0 spiro atoms. The van der Waals surface area contributed by atoms with E-state index in [0.29, 0.717) is 5.02 Å². The third-order valence-electron chi connectivity index (χ3n) is 2.89. The molecule has 0 aromatic heterocycles. The van der Waals surface area contributed by atoms with Gasteiger partial charge in [-0.05, 0) is 40.5 Å². The zero-order valence-electron chi connectivity index (χ0n) is 8.61. The van der Waals surface area contributed by atoms with Crippen molar-refractivity contribution in [3.8, 4) is 0 Å². The number of benzene rings is 1. The average Bonchev–Trinajstić information content (AvgIpc) is 2.74. The molecule has 0 saturated heterocycles. The molecule has 1 saturated carbocycles. The van der Waals surface area contributed by atoms with Gasteiger partial charge in [0.1, 0.15) is 4.33 Å². The average molecular weight is 340 g/mol. The monoisotopic (exact) mass is 338 g/mol. The van der Waals surface area contributed by atoms with Crippen LogP contribution < -0.4 is 0 Å². The molecule has 0 heterocycles. The first-order chi connectivity index (χ1) is 7.35. The molecule has 0 radical (unpaired) electrons. The van der Waals surface area contributed by atoms with Crippen molar-refractivity contribution in [2.24, 2.45) is 5.92 Å². The van der Waals surface area contributed by atoms with Crippen molar-refractivity contribution in [1.29, 1.82) is 0 Å². The minimum Gasteiger partial charge on any atom is -0.100 e. The fraction of sp³-hybridized carbons (Fsp3) is 0.333. The predicted molar refractivity (Wildman–Crippen MR) is 74.6 cm³/mol. The maximum Gasteiger partial charge on any atom is 0.132 e. The van der Waals surface area contributed by atoms with E-state index in [4.69, 9.17) is 34.8 Å². The lowest BCUT2D eigenvalue weighted by atomic mass is 10.1. The van der Waals surface area contributed by atoms with E-state index in [1.54, 1.807) is 0 Å². The van der Waals surface area contributed by atoms with Crippen molar-refractivity contribution in [2.45, 2.75) is 17.2 Å². The first-order valence-corrected chi connectivity index (χ1v) is 6.76. The Balaban J connectivity index is 2.33. The van der Waals surface area contributed by atoms with Gasteiger partial charge in [-0.1, -0.05) is 29.8 Å². The Labute approximate surface area is 119 Å². The smallest absolute Gasteiger partial charge is 0.100 e. The molecule has 1 aliphatic carbocycles. The highest BCUT2D eigenvalue weighted by Gasteiger charge is 2.63. The Morgan fingerprint density at radius 1 is 1.44 bits per heavy atom. The summed E-state index contributed by atoms with van der Waals surface area (Å²) in [6.45, 7) is 5.87. The van der Waals surface area contributed by atoms with E-state index in [1.807, 2.05) is 25.1 Å². The minimum atomic E-state index is -0.733. The molecule has 86 valence electrons. The minimum absolute atomic E-state index is 0.0962. The number of alkyl halides is 2. The van der Waals surface area contributed by atoms with E-state index in [9.17, 15) is 0 Å². The standard InChI is InChI=1S/C12H10BrCl3/c1-6(2)10-11(12(10,15)16)7-3-4-8(13)9(14)5-7/h3-5,10-11H,1H2,2H3. The van der Waals surface area contributed by atoms with Crippen LogP contribution >= 0.6 is 50.7 Å². The summed E-state index contributed by atoms with van der Waals surface area (Å²) < 4.78 is 0.142. The molecule has 1 aliphatic rings. The number of allylic oxidation sites excluding steroid dienone is 1. The van der Waals surface area contributed by atoms with Crippen molar-refractivity contribution in [2.75, 3.05) is 0 Å². The van der Waals surface area contributed by atoms with Gasteiger partial charge in [0.05, 0.1) is 5.02 Å². The number of hydrogen-bond acceptors (Lipinski definition) is 0. The van der Waals surface area contributed by atoms with Gasteiger partial charge in [-0.15, -0.1) is 23.2 Å². The summed E-state index contributed by atoms with van der Waals surface area (Å²) in [6.07, 6.45) is 0. The molecular formula is C12H10BrCl3. The van der Waals surface area contributed by atoms with Gasteiger partial charge in [0.25, 0.3) is 0 Å². The Morgan fingerprint density at radius 2 is 2.06 bits per heavy atom. The molecule has 0 amide bonds. The van der Waals surface area contributed by atoms with E-state index in [-0.39, 0.29) is 11.8 Å². The van der Waals surface area contributed by atoms with Crippen molar-refractivity contribution < 1.29 is 0 Å². The summed E-state index contributed by atoms with van der Waals surface area (Å²) in [7, 11) is 0. The Morgan fingerprint density at radius 3 is 2.50 bits per heavy atom. The Hall–Kier alpha value is 0.310. The van der Waals surface area contributed by atoms with E-state index in [0.717, 1.165) is 15.6 Å². The van der Waals surface area contributed by atoms with Crippen molar-refractivity contribution in [3.05, 3.63) is 45.4 Å². The lowest BCUT2D eigenvalue weighted by Crippen LogP contribution is -1.90. The summed E-state index contributed by atoms with van der Waals surface area (Å²) >= 11 is 21.9. The molecule has 1 aromatic carbocycles. The molecule has 2 unspecified atom stereocenters. The van der Waals surface area contributed by atoms with Gasteiger partial charge in [0.15, 0.2) is 0 Å². The number of halogens is 4. The van der Waals surface area contributed by atoms with Gasteiger partial charge in [0.2, 0.25) is 0 Å². The van der Waals surface area contributed by atoms with E-state index >= 15 is 0 Å². The van der Waals surface area contributed by atoms with Crippen LogP contribution in [0.5, 0.6) is 0 Å². The third kappa shape index (κ3) is 2.03. The molecule has 2 atom stereocenters.